The molecule has 1 aromatic heterocycles. The maximum atomic E-state index is 12.2. The number of nitrogens with one attached hydrogen (secondary N) is 1. The Morgan fingerprint density at radius 2 is 1.79 bits per heavy atom. The third-order valence-corrected chi connectivity index (χ3v) is 5.78. The zero-order valence-electron chi connectivity index (χ0n) is 15.9. The minimum absolute atomic E-state index is 0.0343. The summed E-state index contributed by atoms with van der Waals surface area (Å²) >= 11 is 0. The van der Waals surface area contributed by atoms with Gasteiger partial charge >= 0.3 is 6.01 Å². The summed E-state index contributed by atoms with van der Waals surface area (Å²) in [7, 11) is -1.71. The van der Waals surface area contributed by atoms with E-state index >= 15 is 0 Å². The van der Waals surface area contributed by atoms with Crippen LogP contribution in [0.4, 0.5) is 6.01 Å². The molecule has 9 heteroatoms. The van der Waals surface area contributed by atoms with Gasteiger partial charge in [0.05, 0.1) is 18.6 Å². The van der Waals surface area contributed by atoms with E-state index in [1.54, 1.807) is 55.6 Å². The predicted octanol–water partition coefficient (Wildman–Crippen LogP) is 3.08. The molecule has 0 fully saturated rings. The first-order chi connectivity index (χ1) is 13.9. The first kappa shape index (κ1) is 20.5. The molecule has 0 unspecified atom stereocenters. The van der Waals surface area contributed by atoms with Gasteiger partial charge in [0.25, 0.3) is 0 Å². The van der Waals surface area contributed by atoms with Crippen LogP contribution in [0.25, 0.3) is 11.5 Å². The number of amides is 1. The quantitative estimate of drug-likeness (QED) is 0.571. The number of hydrogen-bond acceptors (Lipinski definition) is 7. The molecule has 3 aromatic rings. The van der Waals surface area contributed by atoms with E-state index in [0.29, 0.717) is 11.3 Å². The largest absolute Gasteiger partial charge is 0.497 e. The lowest BCUT2D eigenvalue weighted by atomic mass is 10.2. The van der Waals surface area contributed by atoms with Gasteiger partial charge in [-0.3, -0.25) is 10.1 Å². The number of methoxy groups -OCH3 is 1. The van der Waals surface area contributed by atoms with Crippen molar-refractivity contribution < 1.29 is 22.4 Å². The summed E-state index contributed by atoms with van der Waals surface area (Å²) in [5, 5.41) is 10.2. The van der Waals surface area contributed by atoms with E-state index in [9.17, 15) is 13.2 Å². The topological polar surface area (TPSA) is 111 Å². The van der Waals surface area contributed by atoms with Crippen LogP contribution >= 0.6 is 0 Å². The van der Waals surface area contributed by atoms with Gasteiger partial charge in [-0.15, -0.1) is 5.10 Å². The Morgan fingerprint density at radius 1 is 1.07 bits per heavy atom. The molecule has 0 spiro atoms. The normalized spacial score (nSPS) is 11.2. The summed E-state index contributed by atoms with van der Waals surface area (Å²) < 4.78 is 34.8. The van der Waals surface area contributed by atoms with E-state index in [0.717, 1.165) is 5.56 Å². The molecular formula is C20H21N3O5S. The molecule has 3 rings (SSSR count). The summed E-state index contributed by atoms with van der Waals surface area (Å²) in [4.78, 5) is 12.0. The van der Waals surface area contributed by atoms with Crippen LogP contribution in [0.1, 0.15) is 18.4 Å². The number of ether oxygens (including phenoxy) is 1. The zero-order chi connectivity index (χ0) is 20.7. The Balaban J connectivity index is 1.48. The molecule has 2 aromatic carbocycles. The van der Waals surface area contributed by atoms with Gasteiger partial charge in [0.2, 0.25) is 11.8 Å². The highest BCUT2D eigenvalue weighted by Crippen LogP contribution is 2.22. The van der Waals surface area contributed by atoms with Crippen LogP contribution in [0.3, 0.4) is 0 Å². The van der Waals surface area contributed by atoms with Crippen molar-refractivity contribution in [2.45, 2.75) is 18.6 Å². The van der Waals surface area contributed by atoms with E-state index in [1.807, 2.05) is 6.07 Å². The van der Waals surface area contributed by atoms with Crippen molar-refractivity contribution in [3.05, 3.63) is 60.2 Å². The number of sulfone groups is 1. The molecule has 0 aliphatic heterocycles. The summed E-state index contributed by atoms with van der Waals surface area (Å²) in [5.41, 5.74) is 1.42. The van der Waals surface area contributed by atoms with Crippen molar-refractivity contribution in [2.75, 3.05) is 18.2 Å². The Morgan fingerprint density at radius 3 is 2.48 bits per heavy atom. The Labute approximate surface area is 168 Å². The standard InChI is InChI=1S/C20H21N3O5S/c1-27-17-11-9-16(10-12-17)19-22-23-20(28-19)21-18(24)8-5-13-29(25,26)14-15-6-3-2-4-7-15/h2-4,6-7,9-12H,5,8,13-14H2,1H3,(H,21,23,24). The van der Waals surface area contributed by atoms with Crippen LogP contribution in [0.2, 0.25) is 0 Å². The lowest BCUT2D eigenvalue weighted by Crippen LogP contribution is -2.15. The molecule has 1 heterocycles. The van der Waals surface area contributed by atoms with Gasteiger partial charge in [0.1, 0.15) is 5.75 Å². The lowest BCUT2D eigenvalue weighted by molar-refractivity contribution is -0.116. The number of rotatable bonds is 9. The van der Waals surface area contributed by atoms with Crippen molar-refractivity contribution in [3.8, 4) is 17.2 Å². The van der Waals surface area contributed by atoms with Crippen LogP contribution < -0.4 is 10.1 Å². The van der Waals surface area contributed by atoms with Gasteiger partial charge in [-0.25, -0.2) is 8.42 Å². The molecule has 0 atom stereocenters. The predicted molar refractivity (Wildman–Crippen MR) is 108 cm³/mol. The maximum absolute atomic E-state index is 12.2. The fourth-order valence-corrected chi connectivity index (χ4v) is 4.09. The van der Waals surface area contributed by atoms with Gasteiger partial charge in [-0.1, -0.05) is 35.4 Å². The average Bonchev–Trinajstić information content (AvgIpc) is 3.16. The summed E-state index contributed by atoms with van der Waals surface area (Å²) in [6, 6.07) is 15.9. The minimum Gasteiger partial charge on any atom is -0.497 e. The summed E-state index contributed by atoms with van der Waals surface area (Å²) in [6.07, 6.45) is 0.245. The number of aromatic nitrogens is 2. The van der Waals surface area contributed by atoms with E-state index < -0.39 is 9.84 Å². The van der Waals surface area contributed by atoms with Gasteiger partial charge in [0.15, 0.2) is 9.84 Å². The number of nitrogens with zero attached hydrogens (tertiary/aromatic N) is 2. The van der Waals surface area contributed by atoms with Gasteiger partial charge in [-0.05, 0) is 36.2 Å². The van der Waals surface area contributed by atoms with Crippen molar-refractivity contribution >= 4 is 21.8 Å². The molecule has 29 heavy (non-hydrogen) atoms. The van der Waals surface area contributed by atoms with Crippen molar-refractivity contribution in [2.24, 2.45) is 0 Å². The zero-order valence-corrected chi connectivity index (χ0v) is 16.7. The van der Waals surface area contributed by atoms with Crippen LogP contribution in [0.15, 0.2) is 59.0 Å². The highest BCUT2D eigenvalue weighted by molar-refractivity contribution is 7.90. The molecule has 1 N–H and O–H groups in total. The molecule has 0 aliphatic rings. The molecule has 0 radical (unpaired) electrons. The highest BCUT2D eigenvalue weighted by Gasteiger charge is 2.15. The van der Waals surface area contributed by atoms with Crippen molar-refractivity contribution in [1.82, 2.24) is 10.2 Å². The fraction of sp³-hybridized carbons (Fsp3) is 0.250. The van der Waals surface area contributed by atoms with E-state index in [-0.39, 0.29) is 42.2 Å². The number of benzene rings is 2. The number of hydrogen-bond donors (Lipinski definition) is 1. The molecule has 0 bridgehead atoms. The van der Waals surface area contributed by atoms with Crippen LogP contribution in [0, 0.1) is 0 Å². The summed E-state index contributed by atoms with van der Waals surface area (Å²) in [6.45, 7) is 0. The minimum atomic E-state index is -3.28. The molecule has 152 valence electrons. The average molecular weight is 415 g/mol. The molecule has 8 nitrogen and oxygen atoms in total. The second kappa shape index (κ2) is 9.33. The monoisotopic (exact) mass is 415 g/mol. The first-order valence-electron chi connectivity index (χ1n) is 8.97. The second-order valence-corrected chi connectivity index (χ2v) is 8.55. The Bertz CT molecular complexity index is 1050. The smallest absolute Gasteiger partial charge is 0.322 e. The third-order valence-electron chi connectivity index (χ3n) is 4.10. The molecule has 0 saturated heterocycles. The SMILES string of the molecule is COc1ccc(-c2nnc(NC(=O)CCCS(=O)(=O)Cc3ccccc3)o2)cc1. The van der Waals surface area contributed by atoms with Crippen LogP contribution in [-0.4, -0.2) is 37.4 Å². The maximum Gasteiger partial charge on any atom is 0.322 e. The van der Waals surface area contributed by atoms with Crippen molar-refractivity contribution in [3.63, 3.8) is 0 Å². The number of carbonyl (C=O) groups is 1. The van der Waals surface area contributed by atoms with E-state index in [4.69, 9.17) is 9.15 Å². The van der Waals surface area contributed by atoms with Gasteiger partial charge in [-0.2, -0.15) is 0 Å². The van der Waals surface area contributed by atoms with E-state index in [1.165, 1.54) is 0 Å². The molecule has 0 saturated carbocycles. The Hall–Kier alpha value is -3.20. The molecule has 0 aliphatic carbocycles. The number of carbonyl (C=O) groups excluding carboxylic acids is 1. The van der Waals surface area contributed by atoms with Crippen molar-refractivity contribution in [1.29, 1.82) is 0 Å². The highest BCUT2D eigenvalue weighted by atomic mass is 32.2. The van der Waals surface area contributed by atoms with Crippen LogP contribution in [-0.2, 0) is 20.4 Å². The fourth-order valence-electron chi connectivity index (χ4n) is 2.66. The number of anilines is 1. The first-order valence-corrected chi connectivity index (χ1v) is 10.8. The van der Waals surface area contributed by atoms with Gasteiger partial charge < -0.3 is 9.15 Å². The van der Waals surface area contributed by atoms with Gasteiger partial charge in [0, 0.05) is 12.0 Å². The lowest BCUT2D eigenvalue weighted by Gasteiger charge is -2.04. The van der Waals surface area contributed by atoms with Crippen LogP contribution in [0.5, 0.6) is 5.75 Å². The Kier molecular flexibility index (Phi) is 6.61. The summed E-state index contributed by atoms with van der Waals surface area (Å²) in [5.74, 6) is 0.461. The molecule has 1 amide bonds. The van der Waals surface area contributed by atoms with E-state index in [2.05, 4.69) is 15.5 Å². The molecular weight excluding hydrogens is 394 g/mol. The third kappa shape index (κ3) is 6.15. The second-order valence-electron chi connectivity index (χ2n) is 6.37.